The van der Waals surface area contributed by atoms with Crippen molar-refractivity contribution in [1.82, 2.24) is 5.01 Å². The minimum atomic E-state index is -0.697. The largest absolute Gasteiger partial charge is 0.508 e. The average Bonchev–Trinajstić information content (AvgIpc) is 3.21. The molecule has 1 N–H and O–H groups in total. The van der Waals surface area contributed by atoms with Gasteiger partial charge in [-0.05, 0) is 41.5 Å². The molecule has 0 fully saturated rings. The Bertz CT molecular complexity index is 1060. The maximum absolute atomic E-state index is 10.3. The highest BCUT2D eigenvalue weighted by Gasteiger charge is 2.35. The monoisotopic (exact) mass is 383 g/mol. The summed E-state index contributed by atoms with van der Waals surface area (Å²) in [6.45, 7) is 0. The van der Waals surface area contributed by atoms with Gasteiger partial charge in [0.25, 0.3) is 0 Å². The van der Waals surface area contributed by atoms with Crippen molar-refractivity contribution in [3.8, 4) is 17.6 Å². The van der Waals surface area contributed by atoms with Gasteiger partial charge >= 0.3 is 0 Å². The third kappa shape index (κ3) is 3.65. The van der Waals surface area contributed by atoms with Gasteiger partial charge in [-0.2, -0.15) is 10.4 Å². The Labute approximate surface area is 170 Å². The molecule has 0 unspecified atom stereocenters. The van der Waals surface area contributed by atoms with Gasteiger partial charge in [0.15, 0.2) is 6.04 Å². The van der Waals surface area contributed by atoms with E-state index in [4.69, 9.17) is 9.84 Å². The number of nitrogens with zero attached hydrogens (tertiary/aromatic N) is 3. The highest BCUT2D eigenvalue weighted by atomic mass is 16.5. The molecule has 1 heterocycles. The number of hydrazone groups is 1. The summed E-state index contributed by atoms with van der Waals surface area (Å²) in [5.74, 6) is 0.881. The maximum atomic E-state index is 10.3. The molecule has 0 aliphatic carbocycles. The standard InChI is InChI=1S/C24H21N3O2/c1-29-19-13-11-17(12-14-19)21-15-22(18-7-3-2-4-8-18)27(26-21)23(16-25)20-9-5-6-10-24(20)28/h2-14,22-23,28H,15H2,1H3/t22-,23+/m1/s1. The molecule has 4 rings (SSSR count). The van der Waals surface area contributed by atoms with Crippen molar-refractivity contribution < 1.29 is 9.84 Å². The number of para-hydroxylation sites is 1. The first kappa shape index (κ1) is 18.6. The van der Waals surface area contributed by atoms with Crippen molar-refractivity contribution in [3.63, 3.8) is 0 Å². The third-order valence-electron chi connectivity index (χ3n) is 5.17. The second kappa shape index (κ2) is 8.07. The summed E-state index contributed by atoms with van der Waals surface area (Å²) in [4.78, 5) is 0. The minimum Gasteiger partial charge on any atom is -0.508 e. The van der Waals surface area contributed by atoms with Gasteiger partial charge in [-0.15, -0.1) is 0 Å². The molecule has 5 heteroatoms. The molecule has 5 nitrogen and oxygen atoms in total. The first-order valence-corrected chi connectivity index (χ1v) is 9.44. The van der Waals surface area contributed by atoms with E-state index >= 15 is 0 Å². The van der Waals surface area contributed by atoms with E-state index in [9.17, 15) is 10.4 Å². The van der Waals surface area contributed by atoms with Crippen LogP contribution >= 0.6 is 0 Å². The fraction of sp³-hybridized carbons (Fsp3) is 0.167. The third-order valence-corrected chi connectivity index (χ3v) is 5.17. The summed E-state index contributed by atoms with van der Waals surface area (Å²) in [5.41, 5.74) is 3.52. The van der Waals surface area contributed by atoms with Crippen LogP contribution in [0, 0.1) is 11.3 Å². The number of phenolic OH excluding ortho intramolecular Hbond substituents is 1. The van der Waals surface area contributed by atoms with Crippen molar-refractivity contribution >= 4 is 5.71 Å². The molecule has 1 aliphatic rings. The molecule has 0 spiro atoms. The van der Waals surface area contributed by atoms with Crippen molar-refractivity contribution in [3.05, 3.63) is 95.6 Å². The highest BCUT2D eigenvalue weighted by molar-refractivity contribution is 6.02. The second-order valence-electron chi connectivity index (χ2n) is 6.88. The van der Waals surface area contributed by atoms with Crippen LogP contribution in [0.5, 0.6) is 11.5 Å². The molecule has 3 aromatic rings. The van der Waals surface area contributed by atoms with Crippen molar-refractivity contribution in [2.75, 3.05) is 7.11 Å². The maximum Gasteiger partial charge on any atom is 0.162 e. The number of nitriles is 1. The van der Waals surface area contributed by atoms with Crippen LogP contribution in [-0.2, 0) is 0 Å². The van der Waals surface area contributed by atoms with Crippen LogP contribution in [0.3, 0.4) is 0 Å². The predicted molar refractivity (Wildman–Crippen MR) is 112 cm³/mol. The van der Waals surface area contributed by atoms with Crippen LogP contribution in [0.25, 0.3) is 0 Å². The smallest absolute Gasteiger partial charge is 0.162 e. The molecule has 3 aromatic carbocycles. The molecule has 2 atom stereocenters. The second-order valence-corrected chi connectivity index (χ2v) is 6.88. The number of methoxy groups -OCH3 is 1. The molecule has 0 saturated carbocycles. The fourth-order valence-corrected chi connectivity index (χ4v) is 3.66. The van der Waals surface area contributed by atoms with Gasteiger partial charge in [0.2, 0.25) is 0 Å². The van der Waals surface area contributed by atoms with E-state index in [1.165, 1.54) is 0 Å². The summed E-state index contributed by atoms with van der Waals surface area (Å²) in [5, 5.41) is 26.9. The Morgan fingerprint density at radius 1 is 1.03 bits per heavy atom. The lowest BCUT2D eigenvalue weighted by atomic mass is 9.96. The topological polar surface area (TPSA) is 68.8 Å². The Balaban J connectivity index is 1.76. The highest BCUT2D eigenvalue weighted by Crippen LogP contribution is 2.40. The molecule has 0 aromatic heterocycles. The van der Waals surface area contributed by atoms with E-state index < -0.39 is 6.04 Å². The SMILES string of the molecule is COc1ccc(C2=NN([C@@H](C#N)c3ccccc3O)[C@@H](c3ccccc3)C2)cc1. The van der Waals surface area contributed by atoms with Crippen molar-refractivity contribution in [2.45, 2.75) is 18.5 Å². The molecule has 0 amide bonds. The molecule has 0 bridgehead atoms. The van der Waals surface area contributed by atoms with Crippen LogP contribution in [-0.4, -0.2) is 22.9 Å². The summed E-state index contributed by atoms with van der Waals surface area (Å²) in [7, 11) is 1.64. The lowest BCUT2D eigenvalue weighted by Gasteiger charge is -2.28. The lowest BCUT2D eigenvalue weighted by molar-refractivity contribution is 0.194. The van der Waals surface area contributed by atoms with E-state index in [0.717, 1.165) is 22.6 Å². The van der Waals surface area contributed by atoms with Gasteiger partial charge in [-0.25, -0.2) is 0 Å². The quantitative estimate of drug-likeness (QED) is 0.686. The molecule has 1 aliphatic heterocycles. The number of rotatable bonds is 5. The van der Waals surface area contributed by atoms with E-state index in [1.807, 2.05) is 65.7 Å². The first-order chi connectivity index (χ1) is 14.2. The van der Waals surface area contributed by atoms with Crippen LogP contribution in [0.15, 0.2) is 84.0 Å². The van der Waals surface area contributed by atoms with Gasteiger partial charge < -0.3 is 9.84 Å². The van der Waals surface area contributed by atoms with Gasteiger partial charge in [0, 0.05) is 12.0 Å². The lowest BCUT2D eigenvalue weighted by Crippen LogP contribution is -2.24. The number of hydrogen-bond donors (Lipinski definition) is 1. The molecule has 29 heavy (non-hydrogen) atoms. The van der Waals surface area contributed by atoms with Crippen LogP contribution in [0.2, 0.25) is 0 Å². The zero-order valence-electron chi connectivity index (χ0n) is 16.1. The van der Waals surface area contributed by atoms with E-state index in [1.54, 1.807) is 25.3 Å². The number of aromatic hydroxyl groups is 1. The van der Waals surface area contributed by atoms with Gasteiger partial charge in [0.05, 0.1) is 24.9 Å². The number of ether oxygens (including phenoxy) is 1. The molecule has 0 radical (unpaired) electrons. The van der Waals surface area contributed by atoms with Gasteiger partial charge in [-0.3, -0.25) is 5.01 Å². The van der Waals surface area contributed by atoms with E-state index in [0.29, 0.717) is 12.0 Å². The molecule has 0 saturated heterocycles. The summed E-state index contributed by atoms with van der Waals surface area (Å²) < 4.78 is 5.25. The molecular weight excluding hydrogens is 362 g/mol. The Hall–Kier alpha value is -3.78. The summed E-state index contributed by atoms with van der Waals surface area (Å²) >= 11 is 0. The Morgan fingerprint density at radius 2 is 1.72 bits per heavy atom. The number of phenols is 1. The Morgan fingerprint density at radius 3 is 2.38 bits per heavy atom. The minimum absolute atomic E-state index is 0.0963. The summed E-state index contributed by atoms with van der Waals surface area (Å²) in [6.07, 6.45) is 0.669. The van der Waals surface area contributed by atoms with Crippen LogP contribution in [0.1, 0.15) is 35.2 Å². The zero-order chi connectivity index (χ0) is 20.2. The summed E-state index contributed by atoms with van der Waals surface area (Å²) in [6, 6.07) is 26.3. The average molecular weight is 383 g/mol. The van der Waals surface area contributed by atoms with Gasteiger partial charge in [-0.1, -0.05) is 48.5 Å². The van der Waals surface area contributed by atoms with E-state index in [-0.39, 0.29) is 11.8 Å². The first-order valence-electron chi connectivity index (χ1n) is 9.44. The van der Waals surface area contributed by atoms with Gasteiger partial charge in [0.1, 0.15) is 11.5 Å². The van der Waals surface area contributed by atoms with Crippen molar-refractivity contribution in [2.24, 2.45) is 5.10 Å². The van der Waals surface area contributed by atoms with E-state index in [2.05, 4.69) is 6.07 Å². The normalized spacial score (nSPS) is 16.8. The predicted octanol–water partition coefficient (Wildman–Crippen LogP) is 4.82. The fourth-order valence-electron chi connectivity index (χ4n) is 3.66. The van der Waals surface area contributed by atoms with Crippen LogP contribution in [0.4, 0.5) is 0 Å². The number of hydrogen-bond acceptors (Lipinski definition) is 5. The Kier molecular flexibility index (Phi) is 5.17. The van der Waals surface area contributed by atoms with Crippen molar-refractivity contribution in [1.29, 1.82) is 5.26 Å². The molecular formula is C24H21N3O2. The zero-order valence-corrected chi connectivity index (χ0v) is 16.1. The van der Waals surface area contributed by atoms with Crippen LogP contribution < -0.4 is 4.74 Å². The number of benzene rings is 3. The molecule has 144 valence electrons.